The van der Waals surface area contributed by atoms with E-state index in [0.29, 0.717) is 23.6 Å². The molecule has 8 heteroatoms. The molecule has 0 radical (unpaired) electrons. The molecule has 2 heterocycles. The van der Waals surface area contributed by atoms with Crippen molar-refractivity contribution in [1.29, 1.82) is 0 Å². The number of ether oxygens (including phenoxy) is 1. The van der Waals surface area contributed by atoms with Crippen LogP contribution in [0.4, 0.5) is 0 Å². The Bertz CT molecular complexity index is 976. The van der Waals surface area contributed by atoms with Crippen molar-refractivity contribution >= 4 is 11.7 Å². The van der Waals surface area contributed by atoms with E-state index in [1.807, 2.05) is 17.7 Å². The van der Waals surface area contributed by atoms with Crippen molar-refractivity contribution in [3.8, 4) is 5.75 Å². The fourth-order valence-corrected chi connectivity index (χ4v) is 2.70. The van der Waals surface area contributed by atoms with Gasteiger partial charge >= 0.3 is 0 Å². The highest BCUT2D eigenvalue weighted by molar-refractivity contribution is 5.94. The third kappa shape index (κ3) is 4.46. The quantitative estimate of drug-likeness (QED) is 0.557. The summed E-state index contributed by atoms with van der Waals surface area (Å²) >= 11 is 0. The number of Topliss-reactive ketones (excluding diaryl/α,β-unsaturated/α-hetero) is 1. The second kappa shape index (κ2) is 8.51. The Labute approximate surface area is 162 Å². The van der Waals surface area contributed by atoms with Crippen molar-refractivity contribution in [1.82, 2.24) is 19.6 Å². The largest absolute Gasteiger partial charge is 0.486 e. The first-order valence-electron chi connectivity index (χ1n) is 8.92. The van der Waals surface area contributed by atoms with E-state index in [9.17, 15) is 9.59 Å². The number of ketones is 1. The van der Waals surface area contributed by atoms with Gasteiger partial charge in [-0.1, -0.05) is 17.3 Å². The number of benzene rings is 1. The molecule has 28 heavy (non-hydrogen) atoms. The lowest BCUT2D eigenvalue weighted by Gasteiger charge is -2.15. The standard InChI is InChI=1S/C20H22N4O4/c1-4-24-9-8-21-19(24)12-23(3)20(26)18-11-17(28-22-18)13-27-16-7-5-6-15(10-16)14(2)25/h5-11H,4,12-13H2,1-3H3. The van der Waals surface area contributed by atoms with E-state index in [1.165, 1.54) is 11.8 Å². The van der Waals surface area contributed by atoms with Crippen LogP contribution in [0.15, 0.2) is 47.2 Å². The Morgan fingerprint density at radius 3 is 2.86 bits per heavy atom. The molecule has 0 saturated heterocycles. The van der Waals surface area contributed by atoms with Crippen LogP contribution in [0, 0.1) is 0 Å². The topological polar surface area (TPSA) is 90.5 Å². The molecule has 3 aromatic rings. The van der Waals surface area contributed by atoms with Gasteiger partial charge in [0.05, 0.1) is 6.54 Å². The Morgan fingerprint density at radius 1 is 1.29 bits per heavy atom. The molecule has 0 bridgehead atoms. The van der Waals surface area contributed by atoms with E-state index < -0.39 is 0 Å². The Balaban J connectivity index is 1.60. The Hall–Kier alpha value is -3.42. The number of carbonyl (C=O) groups excluding carboxylic acids is 2. The minimum Gasteiger partial charge on any atom is -0.486 e. The molecule has 1 amide bonds. The monoisotopic (exact) mass is 382 g/mol. The molecule has 146 valence electrons. The molecule has 8 nitrogen and oxygen atoms in total. The van der Waals surface area contributed by atoms with Crippen molar-refractivity contribution in [2.24, 2.45) is 0 Å². The van der Waals surface area contributed by atoms with E-state index in [-0.39, 0.29) is 24.0 Å². The minimum absolute atomic E-state index is 0.0373. The molecule has 0 fully saturated rings. The van der Waals surface area contributed by atoms with E-state index in [4.69, 9.17) is 9.26 Å². The molecule has 2 aromatic heterocycles. The molecule has 0 N–H and O–H groups in total. The van der Waals surface area contributed by atoms with Crippen LogP contribution in [0.1, 0.15) is 46.3 Å². The van der Waals surface area contributed by atoms with E-state index >= 15 is 0 Å². The highest BCUT2D eigenvalue weighted by Crippen LogP contribution is 2.16. The number of hydrogen-bond acceptors (Lipinski definition) is 6. The maximum Gasteiger partial charge on any atom is 0.276 e. The van der Waals surface area contributed by atoms with Crippen LogP contribution in [-0.4, -0.2) is 38.3 Å². The van der Waals surface area contributed by atoms with Crippen molar-refractivity contribution in [2.75, 3.05) is 7.05 Å². The van der Waals surface area contributed by atoms with Gasteiger partial charge in [0, 0.05) is 37.6 Å². The van der Waals surface area contributed by atoms with Crippen LogP contribution in [0.25, 0.3) is 0 Å². The first-order chi connectivity index (χ1) is 13.5. The molecule has 0 unspecified atom stereocenters. The third-order valence-corrected chi connectivity index (χ3v) is 4.27. The molecule has 0 saturated carbocycles. The molecule has 0 aliphatic heterocycles. The van der Waals surface area contributed by atoms with Gasteiger partial charge in [-0.15, -0.1) is 0 Å². The summed E-state index contributed by atoms with van der Waals surface area (Å²) in [5.74, 6) is 1.46. The number of aromatic nitrogens is 3. The number of carbonyl (C=O) groups is 2. The molecular weight excluding hydrogens is 360 g/mol. The van der Waals surface area contributed by atoms with Gasteiger partial charge in [0.15, 0.2) is 17.2 Å². The van der Waals surface area contributed by atoms with Crippen LogP contribution in [0.2, 0.25) is 0 Å². The van der Waals surface area contributed by atoms with Crippen molar-refractivity contribution in [3.05, 3.63) is 65.6 Å². The number of hydrogen-bond donors (Lipinski definition) is 0. The van der Waals surface area contributed by atoms with Crippen LogP contribution in [0.5, 0.6) is 5.75 Å². The molecule has 0 atom stereocenters. The number of aryl methyl sites for hydroxylation is 1. The van der Waals surface area contributed by atoms with Crippen LogP contribution in [0.3, 0.4) is 0 Å². The van der Waals surface area contributed by atoms with Gasteiger partial charge in [0.1, 0.15) is 18.2 Å². The van der Waals surface area contributed by atoms with Crippen LogP contribution in [-0.2, 0) is 19.7 Å². The number of nitrogens with zero attached hydrogens (tertiary/aromatic N) is 4. The predicted molar refractivity (Wildman–Crippen MR) is 101 cm³/mol. The molecule has 0 aliphatic rings. The van der Waals surface area contributed by atoms with Gasteiger partial charge in [-0.2, -0.15) is 0 Å². The van der Waals surface area contributed by atoms with E-state index in [0.717, 1.165) is 12.4 Å². The summed E-state index contributed by atoms with van der Waals surface area (Å²) in [6.45, 7) is 4.77. The van der Waals surface area contributed by atoms with Gasteiger partial charge in [0.2, 0.25) is 0 Å². The lowest BCUT2D eigenvalue weighted by Crippen LogP contribution is -2.28. The maximum atomic E-state index is 12.6. The minimum atomic E-state index is -0.265. The second-order valence-corrected chi connectivity index (χ2v) is 6.34. The summed E-state index contributed by atoms with van der Waals surface area (Å²) in [6.07, 6.45) is 3.59. The number of amides is 1. The van der Waals surface area contributed by atoms with Gasteiger partial charge in [0.25, 0.3) is 5.91 Å². The second-order valence-electron chi connectivity index (χ2n) is 6.34. The highest BCUT2D eigenvalue weighted by atomic mass is 16.5. The zero-order valence-electron chi connectivity index (χ0n) is 16.1. The Morgan fingerprint density at radius 2 is 2.11 bits per heavy atom. The van der Waals surface area contributed by atoms with E-state index in [2.05, 4.69) is 10.1 Å². The average Bonchev–Trinajstić information content (AvgIpc) is 3.35. The first-order valence-corrected chi connectivity index (χ1v) is 8.92. The molecule has 1 aromatic carbocycles. The summed E-state index contributed by atoms with van der Waals surface area (Å²) in [4.78, 5) is 29.8. The van der Waals surface area contributed by atoms with Gasteiger partial charge in [-0.25, -0.2) is 4.98 Å². The fraction of sp³-hybridized carbons (Fsp3) is 0.300. The van der Waals surface area contributed by atoms with Crippen LogP contribution < -0.4 is 4.74 Å². The van der Waals surface area contributed by atoms with Gasteiger partial charge in [-0.05, 0) is 26.0 Å². The van der Waals surface area contributed by atoms with Crippen molar-refractivity contribution < 1.29 is 18.8 Å². The van der Waals surface area contributed by atoms with Crippen molar-refractivity contribution in [3.63, 3.8) is 0 Å². The summed E-state index contributed by atoms with van der Waals surface area (Å²) < 4.78 is 12.8. The zero-order valence-corrected chi connectivity index (χ0v) is 16.1. The van der Waals surface area contributed by atoms with Gasteiger partial charge in [-0.3, -0.25) is 9.59 Å². The lowest BCUT2D eigenvalue weighted by molar-refractivity contribution is 0.0769. The number of rotatable bonds is 8. The summed E-state index contributed by atoms with van der Waals surface area (Å²) in [7, 11) is 1.69. The zero-order chi connectivity index (χ0) is 20.1. The predicted octanol–water partition coefficient (Wildman–Crippen LogP) is 2.94. The summed E-state index contributed by atoms with van der Waals surface area (Å²) in [5, 5.41) is 3.84. The lowest BCUT2D eigenvalue weighted by atomic mass is 10.1. The average molecular weight is 382 g/mol. The smallest absolute Gasteiger partial charge is 0.276 e. The normalized spacial score (nSPS) is 10.7. The Kier molecular flexibility index (Phi) is 5.88. The number of imidazole rings is 1. The molecule has 0 spiro atoms. The first kappa shape index (κ1) is 19.3. The van der Waals surface area contributed by atoms with Crippen molar-refractivity contribution in [2.45, 2.75) is 33.5 Å². The molecule has 0 aliphatic carbocycles. The fourth-order valence-electron chi connectivity index (χ4n) is 2.70. The SMILES string of the molecule is CCn1ccnc1CN(C)C(=O)c1cc(COc2cccc(C(C)=O)c2)on1. The molecular formula is C20H22N4O4. The maximum absolute atomic E-state index is 12.6. The van der Waals surface area contributed by atoms with Gasteiger partial charge < -0.3 is 18.7 Å². The van der Waals surface area contributed by atoms with E-state index in [1.54, 1.807) is 43.6 Å². The molecule has 3 rings (SSSR count). The third-order valence-electron chi connectivity index (χ3n) is 4.27. The summed E-state index contributed by atoms with van der Waals surface area (Å²) in [6, 6.07) is 8.43. The summed E-state index contributed by atoms with van der Waals surface area (Å²) in [5.41, 5.74) is 0.770. The highest BCUT2D eigenvalue weighted by Gasteiger charge is 2.19. The van der Waals surface area contributed by atoms with Crippen LogP contribution >= 0.6 is 0 Å².